The predicted octanol–water partition coefficient (Wildman–Crippen LogP) is 4.28. The molecule has 2 aliphatic rings. The Balaban J connectivity index is 1.39. The molecule has 2 aromatic heterocycles. The number of rotatable bonds is 3. The Morgan fingerprint density at radius 3 is 2.80 bits per heavy atom. The molecular formula is C25H23ClN7OS-. The minimum Gasteiger partial charge on any atom is -0.743 e. The summed E-state index contributed by atoms with van der Waals surface area (Å²) in [6, 6.07) is 13.9. The molecular weight excluding hydrogens is 482 g/mol. The average molecular weight is 505 g/mol. The number of hydroxylamine groups is 2. The maximum atomic E-state index is 12.3. The standard InChI is InChI=1S/C25H23ClN7OS/c26-20-5-6-21-22(13-20)35-16-19-4-2-8-29-23(19)24(21)31-9-11-32(12-10-31)25(33(34)17-27)30-15-18-3-1-7-28-14-18/h1-8,13-14,24H,9-12,15-16H2/q-1. The van der Waals surface area contributed by atoms with Gasteiger partial charge in [-0.1, -0.05) is 29.8 Å². The highest BCUT2D eigenvalue weighted by Crippen LogP contribution is 2.42. The summed E-state index contributed by atoms with van der Waals surface area (Å²) >= 11 is 8.10. The molecule has 0 bridgehead atoms. The molecule has 0 aliphatic carbocycles. The van der Waals surface area contributed by atoms with Crippen LogP contribution in [0.1, 0.15) is 28.4 Å². The number of pyridine rings is 2. The molecule has 35 heavy (non-hydrogen) atoms. The molecule has 1 atom stereocenters. The van der Waals surface area contributed by atoms with E-state index in [-0.39, 0.29) is 18.5 Å². The number of nitrogens with zero attached hydrogens (tertiary/aromatic N) is 7. The summed E-state index contributed by atoms with van der Waals surface area (Å²) < 4.78 is 0. The Labute approximate surface area is 213 Å². The Morgan fingerprint density at radius 2 is 2.03 bits per heavy atom. The number of benzene rings is 1. The van der Waals surface area contributed by atoms with Gasteiger partial charge in [0.1, 0.15) is 0 Å². The number of aromatic nitrogens is 2. The van der Waals surface area contributed by atoms with Crippen LogP contribution in [0, 0.1) is 16.7 Å². The van der Waals surface area contributed by atoms with Crippen LogP contribution >= 0.6 is 23.4 Å². The first-order valence-electron chi connectivity index (χ1n) is 11.3. The lowest BCUT2D eigenvalue weighted by Gasteiger charge is -2.42. The fraction of sp³-hybridized carbons (Fsp3) is 0.280. The van der Waals surface area contributed by atoms with Gasteiger partial charge in [0.2, 0.25) is 0 Å². The normalized spacial score (nSPS) is 18.3. The minimum atomic E-state index is -0.00859. The van der Waals surface area contributed by atoms with E-state index < -0.39 is 0 Å². The second-order valence-electron chi connectivity index (χ2n) is 8.32. The summed E-state index contributed by atoms with van der Waals surface area (Å²) in [5, 5.41) is 22.6. The molecule has 0 saturated carbocycles. The van der Waals surface area contributed by atoms with Crippen molar-refractivity contribution in [2.24, 2.45) is 4.99 Å². The van der Waals surface area contributed by atoms with E-state index in [4.69, 9.17) is 16.6 Å². The zero-order chi connectivity index (χ0) is 24.2. The molecule has 1 aromatic carbocycles. The van der Waals surface area contributed by atoms with E-state index in [0.717, 1.165) is 26.9 Å². The van der Waals surface area contributed by atoms with Crippen LogP contribution in [0.4, 0.5) is 0 Å². The molecule has 10 heteroatoms. The monoisotopic (exact) mass is 504 g/mol. The first kappa shape index (κ1) is 23.6. The van der Waals surface area contributed by atoms with Crippen LogP contribution in [0.25, 0.3) is 0 Å². The summed E-state index contributed by atoms with van der Waals surface area (Å²) in [5.41, 5.74) is 4.34. The number of hydrogen-bond acceptors (Lipinski definition) is 7. The lowest BCUT2D eigenvalue weighted by molar-refractivity contribution is 0.142. The summed E-state index contributed by atoms with van der Waals surface area (Å²) in [4.78, 5) is 18.8. The van der Waals surface area contributed by atoms with Crippen molar-refractivity contribution in [3.8, 4) is 6.19 Å². The molecule has 5 rings (SSSR count). The zero-order valence-corrected chi connectivity index (χ0v) is 20.5. The lowest BCUT2D eigenvalue weighted by atomic mass is 9.97. The molecule has 3 aromatic rings. The molecule has 4 heterocycles. The van der Waals surface area contributed by atoms with E-state index >= 15 is 0 Å². The van der Waals surface area contributed by atoms with E-state index in [0.29, 0.717) is 31.2 Å². The Hall–Kier alpha value is -3.16. The van der Waals surface area contributed by atoms with Crippen LogP contribution in [0.5, 0.6) is 0 Å². The van der Waals surface area contributed by atoms with Gasteiger partial charge in [0, 0.05) is 60.4 Å². The molecule has 0 spiro atoms. The quantitative estimate of drug-likeness (QED) is 0.171. The summed E-state index contributed by atoms with van der Waals surface area (Å²) in [6.07, 6.45) is 6.91. The number of thioether (sulfide) groups is 1. The number of guanidine groups is 1. The van der Waals surface area contributed by atoms with Crippen molar-refractivity contribution >= 4 is 29.3 Å². The highest BCUT2D eigenvalue weighted by Gasteiger charge is 2.33. The third-order valence-electron chi connectivity index (χ3n) is 6.20. The van der Waals surface area contributed by atoms with Gasteiger partial charge in [0.25, 0.3) is 0 Å². The van der Waals surface area contributed by atoms with E-state index in [9.17, 15) is 10.5 Å². The van der Waals surface area contributed by atoms with Crippen LogP contribution in [-0.4, -0.2) is 57.0 Å². The van der Waals surface area contributed by atoms with Crippen molar-refractivity contribution in [2.75, 3.05) is 26.2 Å². The van der Waals surface area contributed by atoms with Gasteiger partial charge in [-0.2, -0.15) is 5.26 Å². The lowest BCUT2D eigenvalue weighted by Crippen LogP contribution is -2.52. The van der Waals surface area contributed by atoms with Crippen molar-refractivity contribution in [1.82, 2.24) is 24.8 Å². The zero-order valence-electron chi connectivity index (χ0n) is 18.9. The van der Waals surface area contributed by atoms with Gasteiger partial charge in [-0.15, -0.1) is 11.8 Å². The molecule has 1 fully saturated rings. The highest BCUT2D eigenvalue weighted by molar-refractivity contribution is 7.98. The van der Waals surface area contributed by atoms with Gasteiger partial charge in [-0.3, -0.25) is 14.9 Å². The van der Waals surface area contributed by atoms with Crippen LogP contribution in [0.3, 0.4) is 0 Å². The molecule has 1 saturated heterocycles. The fourth-order valence-corrected chi connectivity index (χ4v) is 5.87. The second-order valence-corrected chi connectivity index (χ2v) is 9.77. The molecule has 0 amide bonds. The van der Waals surface area contributed by atoms with E-state index in [1.165, 1.54) is 11.1 Å². The van der Waals surface area contributed by atoms with Crippen molar-refractivity contribution in [3.05, 3.63) is 93.7 Å². The number of hydrogen-bond donors (Lipinski definition) is 0. The maximum Gasteiger partial charge on any atom is 0.199 e. The van der Waals surface area contributed by atoms with Crippen molar-refractivity contribution < 1.29 is 0 Å². The molecule has 8 nitrogen and oxygen atoms in total. The average Bonchev–Trinajstić information content (AvgIpc) is 3.06. The van der Waals surface area contributed by atoms with Gasteiger partial charge in [0.05, 0.1) is 18.3 Å². The Bertz CT molecular complexity index is 1260. The van der Waals surface area contributed by atoms with Gasteiger partial charge in [0.15, 0.2) is 12.2 Å². The third-order valence-corrected chi connectivity index (χ3v) is 7.55. The van der Waals surface area contributed by atoms with Gasteiger partial charge in [-0.05, 0) is 41.0 Å². The maximum absolute atomic E-state index is 12.3. The molecule has 0 N–H and O–H groups in total. The van der Waals surface area contributed by atoms with Crippen LogP contribution in [0.2, 0.25) is 5.02 Å². The smallest absolute Gasteiger partial charge is 0.199 e. The van der Waals surface area contributed by atoms with Gasteiger partial charge in [-0.25, -0.2) is 4.99 Å². The SMILES string of the molecule is N#CN([O-])C(=NCc1cccnc1)N1CCN(C2c3ccc(Cl)cc3SCc3cccnc32)CC1. The molecule has 1 unspecified atom stereocenters. The van der Waals surface area contributed by atoms with Crippen molar-refractivity contribution in [1.29, 1.82) is 5.26 Å². The number of nitriles is 1. The van der Waals surface area contributed by atoms with E-state index in [1.54, 1.807) is 30.3 Å². The first-order valence-corrected chi connectivity index (χ1v) is 12.7. The second kappa shape index (κ2) is 10.6. The highest BCUT2D eigenvalue weighted by atomic mass is 35.5. The van der Waals surface area contributed by atoms with Crippen LogP contribution in [0.15, 0.2) is 70.9 Å². The van der Waals surface area contributed by atoms with E-state index in [2.05, 4.69) is 27.0 Å². The van der Waals surface area contributed by atoms with Crippen molar-refractivity contribution in [3.63, 3.8) is 0 Å². The fourth-order valence-electron chi connectivity index (χ4n) is 4.52. The Kier molecular flexibility index (Phi) is 7.16. The molecule has 178 valence electrons. The van der Waals surface area contributed by atoms with Crippen molar-refractivity contribution in [2.45, 2.75) is 23.2 Å². The number of aliphatic imine (C=N–C) groups is 1. The van der Waals surface area contributed by atoms with Gasteiger partial charge >= 0.3 is 0 Å². The number of fused-ring (bicyclic) bond motifs is 2. The summed E-state index contributed by atoms with van der Waals surface area (Å²) in [5.74, 6) is 0.976. The van der Waals surface area contributed by atoms with Crippen LogP contribution in [-0.2, 0) is 12.3 Å². The Morgan fingerprint density at radius 1 is 1.20 bits per heavy atom. The number of halogens is 1. The summed E-state index contributed by atoms with van der Waals surface area (Å²) in [6.45, 7) is 2.81. The first-order chi connectivity index (χ1) is 17.1. The van der Waals surface area contributed by atoms with Crippen LogP contribution < -0.4 is 0 Å². The van der Waals surface area contributed by atoms with Gasteiger partial charge < -0.3 is 15.2 Å². The largest absolute Gasteiger partial charge is 0.743 e. The topological polar surface area (TPSA) is 94.7 Å². The minimum absolute atomic E-state index is 0.00859. The third kappa shape index (κ3) is 5.11. The number of piperazine rings is 1. The summed E-state index contributed by atoms with van der Waals surface area (Å²) in [7, 11) is 0. The van der Waals surface area contributed by atoms with E-state index in [1.807, 2.05) is 41.4 Å². The molecule has 2 aliphatic heterocycles. The predicted molar refractivity (Wildman–Crippen MR) is 136 cm³/mol. The molecule has 0 radical (unpaired) electrons.